The molecule has 0 aromatic carbocycles. The molecule has 1 rings (SSSR count). The van der Waals surface area contributed by atoms with Gasteiger partial charge in [0, 0.05) is 18.3 Å². The van der Waals surface area contributed by atoms with E-state index >= 15 is 0 Å². The van der Waals surface area contributed by atoms with Crippen LogP contribution in [0.1, 0.15) is 27.2 Å². The summed E-state index contributed by atoms with van der Waals surface area (Å²) in [6.07, 6.45) is 5.70. The van der Waals surface area contributed by atoms with E-state index in [0.717, 1.165) is 11.8 Å². The van der Waals surface area contributed by atoms with Crippen LogP contribution in [0.2, 0.25) is 0 Å². The zero-order valence-electron chi connectivity index (χ0n) is 12.8. The lowest BCUT2D eigenvalue weighted by atomic mass is 9.89. The molecule has 1 aliphatic rings. The van der Waals surface area contributed by atoms with Gasteiger partial charge in [0.2, 0.25) is 0 Å². The fourth-order valence-corrected chi connectivity index (χ4v) is 2.61. The topological polar surface area (TPSA) is 72.2 Å². The van der Waals surface area contributed by atoms with Crippen molar-refractivity contribution in [2.75, 3.05) is 7.05 Å². The van der Waals surface area contributed by atoms with Gasteiger partial charge in [-0.1, -0.05) is 50.8 Å². The van der Waals surface area contributed by atoms with Gasteiger partial charge < -0.3 is 11.1 Å². The normalized spacial score (nSPS) is 18.2. The molecule has 21 heavy (non-hydrogen) atoms. The third-order valence-electron chi connectivity index (χ3n) is 2.70. The summed E-state index contributed by atoms with van der Waals surface area (Å²) in [6, 6.07) is 0. The maximum Gasteiger partial charge on any atom is 0.157 e. The van der Waals surface area contributed by atoms with Crippen LogP contribution in [0.5, 0.6) is 0 Å². The minimum atomic E-state index is 0.284. The Morgan fingerprint density at radius 1 is 1.43 bits per heavy atom. The Balaban J connectivity index is 0.00000191. The van der Waals surface area contributed by atoms with E-state index in [0.29, 0.717) is 40.2 Å². The van der Waals surface area contributed by atoms with Crippen molar-refractivity contribution in [3.63, 3.8) is 0 Å². The third kappa shape index (κ3) is 5.85. The molecule has 1 aliphatic carbocycles. The molecule has 0 fully saturated rings. The maximum atomic E-state index is 11.3. The lowest BCUT2D eigenvalue weighted by Gasteiger charge is -2.19. The highest BCUT2D eigenvalue weighted by Crippen LogP contribution is 2.30. The van der Waals surface area contributed by atoms with Gasteiger partial charge in [0.05, 0.1) is 4.91 Å². The lowest BCUT2D eigenvalue weighted by Crippen LogP contribution is -2.15. The first-order chi connectivity index (χ1) is 10.0. The molecule has 1 unspecified atom stereocenters. The van der Waals surface area contributed by atoms with Gasteiger partial charge in [0.1, 0.15) is 4.32 Å². The lowest BCUT2D eigenvalue weighted by molar-refractivity contribution is -0.106. The number of allylic oxidation sites excluding steroid dienone is 5. The van der Waals surface area contributed by atoms with E-state index in [4.69, 9.17) is 18.0 Å². The van der Waals surface area contributed by atoms with Gasteiger partial charge in [-0.15, -0.1) is 0 Å². The predicted octanol–water partition coefficient (Wildman–Crippen LogP) is 2.71. The van der Waals surface area contributed by atoms with Crippen LogP contribution in [-0.2, 0) is 9.59 Å². The second kappa shape index (κ2) is 10.3. The highest BCUT2D eigenvalue weighted by atomic mass is 32.2. The Labute approximate surface area is 135 Å². The van der Waals surface area contributed by atoms with Crippen molar-refractivity contribution in [1.82, 2.24) is 5.32 Å². The smallest absolute Gasteiger partial charge is 0.157 e. The summed E-state index contributed by atoms with van der Waals surface area (Å²) < 4.78 is 0.431. The highest BCUT2D eigenvalue weighted by Gasteiger charge is 2.19. The molecule has 0 aliphatic heterocycles. The molecule has 0 aromatic rings. The molecule has 0 radical (unpaired) electrons. The average Bonchev–Trinajstić information content (AvgIpc) is 2.51. The fourth-order valence-electron chi connectivity index (χ4n) is 1.71. The summed E-state index contributed by atoms with van der Waals surface area (Å²) in [5.41, 5.74) is 7.46. The monoisotopic (exact) mass is 326 g/mol. The number of hydrogen-bond donors (Lipinski definition) is 2. The molecule has 0 heterocycles. The van der Waals surface area contributed by atoms with Gasteiger partial charge in [-0.2, -0.15) is 0 Å². The van der Waals surface area contributed by atoms with Crippen molar-refractivity contribution >= 4 is 40.9 Å². The molecule has 1 atom stereocenters. The van der Waals surface area contributed by atoms with Crippen molar-refractivity contribution in [3.05, 3.63) is 33.9 Å². The van der Waals surface area contributed by atoms with E-state index in [1.807, 2.05) is 26.8 Å². The summed E-state index contributed by atoms with van der Waals surface area (Å²) in [5, 5.41) is 2.76. The Morgan fingerprint density at radius 2 is 2.05 bits per heavy atom. The number of thiocarbonyl (C=S) groups is 1. The zero-order valence-corrected chi connectivity index (χ0v) is 14.4. The van der Waals surface area contributed by atoms with Crippen LogP contribution in [0.4, 0.5) is 0 Å². The Bertz CT molecular complexity index is 494. The number of aldehydes is 2. The molecular weight excluding hydrogens is 304 g/mol. The first kappa shape index (κ1) is 19.6. The summed E-state index contributed by atoms with van der Waals surface area (Å²) in [7, 11) is 1.66. The summed E-state index contributed by atoms with van der Waals surface area (Å²) in [5.74, 6) is 0.284. The van der Waals surface area contributed by atoms with Crippen LogP contribution in [0, 0.1) is 5.92 Å². The quantitative estimate of drug-likeness (QED) is 0.470. The third-order valence-corrected chi connectivity index (χ3v) is 4.08. The Morgan fingerprint density at radius 3 is 2.52 bits per heavy atom. The van der Waals surface area contributed by atoms with Crippen molar-refractivity contribution in [2.24, 2.45) is 11.7 Å². The van der Waals surface area contributed by atoms with Crippen LogP contribution in [0.25, 0.3) is 0 Å². The largest absolute Gasteiger partial charge is 0.398 e. The number of rotatable bonds is 4. The molecule has 0 bridgehead atoms. The van der Waals surface area contributed by atoms with Gasteiger partial charge in [0.25, 0.3) is 0 Å². The number of hydrogen-bond acceptors (Lipinski definition) is 5. The van der Waals surface area contributed by atoms with Crippen LogP contribution in [0.3, 0.4) is 0 Å². The molecule has 0 amide bonds. The maximum absolute atomic E-state index is 11.3. The molecule has 0 saturated heterocycles. The standard InChI is InChI=1S/C13H16N2O2S2.C2H6/c1-8-3-4-11(14)9(5-8)10(6-16)12(7-17)19-13(18)15-2;1-2/h3-4,6-8H,5,14H2,1-2H3,(H,15,18);1-2H3/b12-10+;. The first-order valence-electron chi connectivity index (χ1n) is 6.74. The number of nitrogens with one attached hydrogen (secondary N) is 1. The second-order valence-corrected chi connectivity index (χ2v) is 5.85. The second-order valence-electron chi connectivity index (χ2n) is 4.13. The van der Waals surface area contributed by atoms with Crippen LogP contribution in [-0.4, -0.2) is 23.9 Å². The van der Waals surface area contributed by atoms with Gasteiger partial charge in [-0.3, -0.25) is 9.59 Å². The molecule has 0 aromatic heterocycles. The molecule has 6 heteroatoms. The number of thioether (sulfide) groups is 1. The first-order valence-corrected chi connectivity index (χ1v) is 7.97. The fraction of sp³-hybridized carbons (Fsp3) is 0.400. The Hall–Kier alpha value is -1.40. The van der Waals surface area contributed by atoms with Crippen LogP contribution < -0.4 is 11.1 Å². The minimum Gasteiger partial charge on any atom is -0.398 e. The Kier molecular flexibility index (Phi) is 9.65. The minimum absolute atomic E-state index is 0.284. The van der Waals surface area contributed by atoms with Crippen molar-refractivity contribution in [2.45, 2.75) is 27.2 Å². The molecule has 116 valence electrons. The molecule has 0 spiro atoms. The van der Waals surface area contributed by atoms with E-state index in [2.05, 4.69) is 5.32 Å². The van der Waals surface area contributed by atoms with Crippen LogP contribution in [0.15, 0.2) is 33.9 Å². The van der Waals surface area contributed by atoms with Crippen LogP contribution >= 0.6 is 24.0 Å². The summed E-state index contributed by atoms with van der Waals surface area (Å²) in [6.45, 7) is 6.03. The molecule has 3 N–H and O–H groups in total. The number of nitrogens with two attached hydrogens (primary N) is 1. The zero-order chi connectivity index (χ0) is 16.4. The van der Waals surface area contributed by atoms with Gasteiger partial charge in [-0.25, -0.2) is 0 Å². The molecule has 0 saturated carbocycles. The van der Waals surface area contributed by atoms with Crippen molar-refractivity contribution < 1.29 is 9.59 Å². The summed E-state index contributed by atoms with van der Waals surface area (Å²) in [4.78, 5) is 22.8. The average molecular weight is 326 g/mol. The SMILES string of the molecule is CC.CNC(=S)S/C(C=O)=C(\C=O)C1=C(N)C=CC(C)C1. The molecule has 4 nitrogen and oxygen atoms in total. The van der Waals surface area contributed by atoms with E-state index in [9.17, 15) is 9.59 Å². The van der Waals surface area contributed by atoms with Crippen molar-refractivity contribution in [3.8, 4) is 0 Å². The number of carbonyl (C=O) groups excluding carboxylic acids is 2. The highest BCUT2D eigenvalue weighted by molar-refractivity contribution is 8.26. The van der Waals surface area contributed by atoms with Gasteiger partial charge >= 0.3 is 0 Å². The van der Waals surface area contributed by atoms with E-state index in [1.165, 1.54) is 0 Å². The number of carbonyl (C=O) groups is 2. The van der Waals surface area contributed by atoms with E-state index in [1.54, 1.807) is 13.1 Å². The van der Waals surface area contributed by atoms with Crippen molar-refractivity contribution in [1.29, 1.82) is 0 Å². The van der Waals surface area contributed by atoms with E-state index in [-0.39, 0.29) is 10.8 Å². The molecular formula is C15H22N2O2S2. The van der Waals surface area contributed by atoms with Gasteiger partial charge in [0.15, 0.2) is 12.6 Å². The van der Waals surface area contributed by atoms with Gasteiger partial charge in [-0.05, 0) is 24.0 Å². The predicted molar refractivity (Wildman–Crippen MR) is 93.9 cm³/mol. The summed E-state index contributed by atoms with van der Waals surface area (Å²) >= 11 is 6.06. The van der Waals surface area contributed by atoms with E-state index < -0.39 is 0 Å².